The maximum Gasteiger partial charge on any atom is 0.243 e. The zero-order valence-corrected chi connectivity index (χ0v) is 18.0. The summed E-state index contributed by atoms with van der Waals surface area (Å²) in [5.41, 5.74) is 0.823. The van der Waals surface area contributed by atoms with Crippen LogP contribution in [0.2, 0.25) is 0 Å². The van der Waals surface area contributed by atoms with E-state index in [1.165, 1.54) is 0 Å². The highest BCUT2D eigenvalue weighted by Gasteiger charge is 2.26. The number of sulfonamides is 1. The second-order valence-corrected chi connectivity index (χ2v) is 9.56. The third-order valence-electron chi connectivity index (χ3n) is 5.58. The van der Waals surface area contributed by atoms with Crippen molar-refractivity contribution in [2.24, 2.45) is 5.92 Å². The van der Waals surface area contributed by atoms with Crippen LogP contribution in [0.15, 0.2) is 29.2 Å². The number of halogens is 1. The van der Waals surface area contributed by atoms with Crippen molar-refractivity contribution < 1.29 is 13.2 Å². The average molecular weight is 430 g/mol. The summed E-state index contributed by atoms with van der Waals surface area (Å²) in [4.78, 5) is 12.5. The van der Waals surface area contributed by atoms with Crippen LogP contribution in [0.5, 0.6) is 0 Å². The molecule has 0 spiro atoms. The summed E-state index contributed by atoms with van der Waals surface area (Å²) in [6.45, 7) is 3.66. The first-order valence-electron chi connectivity index (χ1n) is 10.1. The molecule has 1 aromatic carbocycles. The number of carbonyl (C=O) groups excluding carboxylic acids is 1. The van der Waals surface area contributed by atoms with Gasteiger partial charge in [-0.3, -0.25) is 4.79 Å². The fourth-order valence-corrected chi connectivity index (χ4v) is 5.45. The molecule has 2 N–H and O–H groups in total. The summed E-state index contributed by atoms with van der Waals surface area (Å²) in [5.74, 6) is 0.674. The lowest BCUT2D eigenvalue weighted by atomic mass is 9.93. The molecule has 0 unspecified atom stereocenters. The van der Waals surface area contributed by atoms with Crippen LogP contribution in [0.1, 0.15) is 50.5 Å². The molecule has 0 radical (unpaired) electrons. The Labute approximate surface area is 174 Å². The number of benzene rings is 1. The quantitative estimate of drug-likeness (QED) is 0.698. The molecule has 0 saturated carbocycles. The lowest BCUT2D eigenvalue weighted by molar-refractivity contribution is -0.121. The molecule has 2 aliphatic heterocycles. The Balaban J connectivity index is 0.00000280. The largest absolute Gasteiger partial charge is 0.352 e. The first kappa shape index (κ1) is 23.1. The van der Waals surface area contributed by atoms with Crippen LogP contribution in [0, 0.1) is 5.92 Å². The van der Waals surface area contributed by atoms with Crippen molar-refractivity contribution in [2.75, 3.05) is 26.2 Å². The van der Waals surface area contributed by atoms with E-state index in [1.54, 1.807) is 22.5 Å². The van der Waals surface area contributed by atoms with Crippen LogP contribution in [-0.2, 0) is 21.4 Å². The van der Waals surface area contributed by atoms with Gasteiger partial charge in [0.1, 0.15) is 0 Å². The van der Waals surface area contributed by atoms with E-state index in [0.717, 1.165) is 57.2 Å². The van der Waals surface area contributed by atoms with Crippen molar-refractivity contribution in [2.45, 2.75) is 56.4 Å². The monoisotopic (exact) mass is 429 g/mol. The number of hydrogen-bond acceptors (Lipinski definition) is 4. The minimum Gasteiger partial charge on any atom is -0.352 e. The van der Waals surface area contributed by atoms with Crippen LogP contribution in [0.4, 0.5) is 0 Å². The maximum absolute atomic E-state index is 12.8. The van der Waals surface area contributed by atoms with Crippen molar-refractivity contribution in [1.82, 2.24) is 14.9 Å². The smallest absolute Gasteiger partial charge is 0.243 e. The molecule has 0 atom stereocenters. The molecule has 2 saturated heterocycles. The molecule has 0 bridgehead atoms. The van der Waals surface area contributed by atoms with E-state index in [2.05, 4.69) is 10.6 Å². The van der Waals surface area contributed by atoms with Crippen LogP contribution in [0.25, 0.3) is 0 Å². The Morgan fingerprint density at radius 1 is 1.14 bits per heavy atom. The van der Waals surface area contributed by atoms with Gasteiger partial charge < -0.3 is 10.6 Å². The molecule has 28 heavy (non-hydrogen) atoms. The Hall–Kier alpha value is -1.15. The van der Waals surface area contributed by atoms with Gasteiger partial charge in [-0.25, -0.2) is 8.42 Å². The van der Waals surface area contributed by atoms with Crippen molar-refractivity contribution in [3.63, 3.8) is 0 Å². The lowest BCUT2D eigenvalue weighted by Gasteiger charge is -2.26. The van der Waals surface area contributed by atoms with Gasteiger partial charge in [0.2, 0.25) is 15.9 Å². The molecule has 0 aliphatic carbocycles. The van der Waals surface area contributed by atoms with Gasteiger partial charge in [-0.2, -0.15) is 4.31 Å². The van der Waals surface area contributed by atoms with Crippen molar-refractivity contribution in [3.05, 3.63) is 29.8 Å². The fourth-order valence-electron chi connectivity index (χ4n) is 3.86. The number of nitrogens with one attached hydrogen (secondary N) is 2. The van der Waals surface area contributed by atoms with E-state index >= 15 is 0 Å². The molecule has 2 aliphatic rings. The van der Waals surface area contributed by atoms with Gasteiger partial charge in [0.15, 0.2) is 0 Å². The summed E-state index contributed by atoms with van der Waals surface area (Å²) in [6.07, 6.45) is 6.69. The van der Waals surface area contributed by atoms with E-state index < -0.39 is 10.0 Å². The van der Waals surface area contributed by atoms with Gasteiger partial charge in [-0.05, 0) is 68.8 Å². The minimum absolute atomic E-state index is 0. The first-order chi connectivity index (χ1) is 13.1. The molecule has 3 rings (SSSR count). The van der Waals surface area contributed by atoms with Gasteiger partial charge in [0, 0.05) is 26.1 Å². The van der Waals surface area contributed by atoms with E-state index in [-0.39, 0.29) is 18.3 Å². The molecular formula is C20H32ClN3O3S. The number of rotatable bonds is 7. The maximum atomic E-state index is 12.8. The predicted molar refractivity (Wildman–Crippen MR) is 113 cm³/mol. The highest BCUT2D eigenvalue weighted by atomic mass is 35.5. The third kappa shape index (κ3) is 6.44. The SMILES string of the molecule is Cl.O=C(CCC1CCNCC1)NCc1cccc(S(=O)(=O)N2CCCCC2)c1. The lowest BCUT2D eigenvalue weighted by Crippen LogP contribution is -2.35. The van der Waals surface area contributed by atoms with Gasteiger partial charge >= 0.3 is 0 Å². The Morgan fingerprint density at radius 2 is 1.86 bits per heavy atom. The molecule has 2 heterocycles. The number of amides is 1. The molecule has 0 aromatic heterocycles. The summed E-state index contributed by atoms with van der Waals surface area (Å²) < 4.78 is 27.2. The Kier molecular flexibility index (Phi) is 9.21. The normalized spacial score (nSPS) is 19.0. The summed E-state index contributed by atoms with van der Waals surface area (Å²) in [6, 6.07) is 6.96. The zero-order valence-electron chi connectivity index (χ0n) is 16.4. The fraction of sp³-hybridized carbons (Fsp3) is 0.650. The van der Waals surface area contributed by atoms with Crippen molar-refractivity contribution in [1.29, 1.82) is 0 Å². The van der Waals surface area contributed by atoms with Crippen LogP contribution < -0.4 is 10.6 Å². The van der Waals surface area contributed by atoms with Crippen LogP contribution in [0.3, 0.4) is 0 Å². The zero-order chi connectivity index (χ0) is 19.1. The molecular weight excluding hydrogens is 398 g/mol. The Bertz CT molecular complexity index is 730. The first-order valence-corrected chi connectivity index (χ1v) is 11.6. The summed E-state index contributed by atoms with van der Waals surface area (Å²) in [7, 11) is -3.43. The minimum atomic E-state index is -3.43. The second kappa shape index (κ2) is 11.1. The summed E-state index contributed by atoms with van der Waals surface area (Å²) >= 11 is 0. The molecule has 1 aromatic rings. The van der Waals surface area contributed by atoms with E-state index in [1.807, 2.05) is 6.07 Å². The molecule has 8 heteroatoms. The average Bonchev–Trinajstić information content (AvgIpc) is 2.72. The van der Waals surface area contributed by atoms with E-state index in [0.29, 0.717) is 36.9 Å². The summed E-state index contributed by atoms with van der Waals surface area (Å²) in [5, 5.41) is 6.27. The Morgan fingerprint density at radius 3 is 2.57 bits per heavy atom. The van der Waals surface area contributed by atoms with E-state index in [9.17, 15) is 13.2 Å². The van der Waals surface area contributed by atoms with Crippen LogP contribution >= 0.6 is 12.4 Å². The van der Waals surface area contributed by atoms with E-state index in [4.69, 9.17) is 0 Å². The number of nitrogens with zero attached hydrogens (tertiary/aromatic N) is 1. The standard InChI is InChI=1S/C20H31N3O3S.ClH/c24-20(8-7-17-9-11-21-12-10-17)22-16-18-5-4-6-19(15-18)27(25,26)23-13-2-1-3-14-23;/h4-6,15,17,21H,1-3,7-14,16H2,(H,22,24);1H. The predicted octanol–water partition coefficient (Wildman–Crippen LogP) is 2.68. The topological polar surface area (TPSA) is 78.5 Å². The molecule has 1 amide bonds. The van der Waals surface area contributed by atoms with Gasteiger partial charge in [-0.15, -0.1) is 12.4 Å². The molecule has 2 fully saturated rings. The van der Waals surface area contributed by atoms with Gasteiger partial charge in [-0.1, -0.05) is 18.6 Å². The van der Waals surface area contributed by atoms with Crippen LogP contribution in [-0.4, -0.2) is 44.8 Å². The second-order valence-electron chi connectivity index (χ2n) is 7.62. The van der Waals surface area contributed by atoms with Crippen molar-refractivity contribution >= 4 is 28.3 Å². The third-order valence-corrected chi connectivity index (χ3v) is 7.47. The number of hydrogen-bond donors (Lipinski definition) is 2. The molecule has 6 nitrogen and oxygen atoms in total. The molecule has 158 valence electrons. The number of carbonyl (C=O) groups is 1. The number of piperidine rings is 2. The van der Waals surface area contributed by atoms with Crippen molar-refractivity contribution in [3.8, 4) is 0 Å². The van der Waals surface area contributed by atoms with Gasteiger partial charge in [0.05, 0.1) is 4.90 Å². The highest BCUT2D eigenvalue weighted by Crippen LogP contribution is 2.21. The van der Waals surface area contributed by atoms with Gasteiger partial charge in [0.25, 0.3) is 0 Å². The highest BCUT2D eigenvalue weighted by molar-refractivity contribution is 7.89.